The van der Waals surface area contributed by atoms with E-state index in [9.17, 15) is 4.79 Å². The minimum absolute atomic E-state index is 0.199. The molecule has 0 saturated carbocycles. The van der Waals surface area contributed by atoms with Crippen LogP contribution in [0.5, 0.6) is 11.5 Å². The summed E-state index contributed by atoms with van der Waals surface area (Å²) >= 11 is 0. The van der Waals surface area contributed by atoms with Crippen LogP contribution in [0.1, 0.15) is 19.4 Å². The van der Waals surface area contributed by atoms with Crippen molar-refractivity contribution in [3.8, 4) is 11.5 Å². The molecule has 2 atom stereocenters. The Morgan fingerprint density at radius 1 is 1.09 bits per heavy atom. The number of benzene rings is 2. The van der Waals surface area contributed by atoms with Crippen molar-refractivity contribution in [2.45, 2.75) is 32.5 Å². The van der Waals surface area contributed by atoms with Gasteiger partial charge in [-0.05, 0) is 43.2 Å². The molecule has 4 nitrogen and oxygen atoms in total. The largest absolute Gasteiger partial charge is 0.482 e. The van der Waals surface area contributed by atoms with Gasteiger partial charge in [-0.2, -0.15) is 0 Å². The predicted molar refractivity (Wildman–Crippen MR) is 85.4 cm³/mol. The smallest absolute Gasteiger partial charge is 0.269 e. The van der Waals surface area contributed by atoms with Crippen LogP contribution in [0, 0.1) is 0 Å². The minimum Gasteiger partial charge on any atom is -0.482 e. The lowest BCUT2D eigenvalue weighted by Crippen LogP contribution is -2.46. The third-order valence-corrected chi connectivity index (χ3v) is 3.70. The summed E-state index contributed by atoms with van der Waals surface area (Å²) in [6.07, 6.45) is -0.0827. The van der Waals surface area contributed by atoms with Crippen LogP contribution in [0.3, 0.4) is 0 Å². The standard InChI is InChI=1S/C18H19NO3/c1-3-13-7-6-8-14(11-13)19-18(20)17-12(2)21-15-9-4-5-10-16(15)22-17/h4-12,17H,3H2,1-2H3,(H,19,20). The monoisotopic (exact) mass is 297 g/mol. The summed E-state index contributed by atoms with van der Waals surface area (Å²) in [5.41, 5.74) is 1.95. The number of hydrogen-bond donors (Lipinski definition) is 1. The third kappa shape index (κ3) is 2.91. The molecular weight excluding hydrogens is 278 g/mol. The second kappa shape index (κ2) is 6.10. The number of amides is 1. The number of hydrogen-bond acceptors (Lipinski definition) is 3. The van der Waals surface area contributed by atoms with Crippen LogP contribution in [0.25, 0.3) is 0 Å². The van der Waals surface area contributed by atoms with E-state index in [0.717, 1.165) is 12.1 Å². The number of nitrogens with one attached hydrogen (secondary N) is 1. The maximum atomic E-state index is 12.5. The fraction of sp³-hybridized carbons (Fsp3) is 0.278. The van der Waals surface area contributed by atoms with Gasteiger partial charge in [0.05, 0.1) is 0 Å². The molecule has 0 fully saturated rings. The van der Waals surface area contributed by atoms with Crippen LogP contribution in [0.15, 0.2) is 48.5 Å². The summed E-state index contributed by atoms with van der Waals surface area (Å²) in [6.45, 7) is 3.92. The zero-order valence-electron chi connectivity index (χ0n) is 12.7. The fourth-order valence-electron chi connectivity index (χ4n) is 2.49. The van der Waals surface area contributed by atoms with Gasteiger partial charge in [0.25, 0.3) is 5.91 Å². The second-order valence-electron chi connectivity index (χ2n) is 5.35. The Morgan fingerprint density at radius 2 is 1.82 bits per heavy atom. The van der Waals surface area contributed by atoms with E-state index in [-0.39, 0.29) is 12.0 Å². The molecule has 114 valence electrons. The van der Waals surface area contributed by atoms with E-state index in [1.165, 1.54) is 5.56 Å². The molecule has 0 saturated heterocycles. The van der Waals surface area contributed by atoms with Crippen molar-refractivity contribution < 1.29 is 14.3 Å². The number of carbonyl (C=O) groups excluding carboxylic acids is 1. The average Bonchev–Trinajstić information content (AvgIpc) is 2.54. The molecular formula is C18H19NO3. The molecule has 0 spiro atoms. The van der Waals surface area contributed by atoms with Crippen LogP contribution in [-0.4, -0.2) is 18.1 Å². The molecule has 1 heterocycles. The average molecular weight is 297 g/mol. The van der Waals surface area contributed by atoms with Gasteiger partial charge < -0.3 is 14.8 Å². The summed E-state index contributed by atoms with van der Waals surface area (Å²) < 4.78 is 11.6. The molecule has 1 amide bonds. The van der Waals surface area contributed by atoms with Crippen molar-refractivity contribution in [1.82, 2.24) is 0 Å². The highest BCUT2D eigenvalue weighted by Gasteiger charge is 2.34. The topological polar surface area (TPSA) is 47.6 Å². The minimum atomic E-state index is -0.666. The van der Waals surface area contributed by atoms with Gasteiger partial charge in [0, 0.05) is 5.69 Å². The van der Waals surface area contributed by atoms with E-state index in [0.29, 0.717) is 11.5 Å². The Bertz CT molecular complexity index is 684. The predicted octanol–water partition coefficient (Wildman–Crippen LogP) is 3.42. The van der Waals surface area contributed by atoms with Crippen LogP contribution in [0.2, 0.25) is 0 Å². The van der Waals surface area contributed by atoms with E-state index in [1.807, 2.05) is 49.4 Å². The quantitative estimate of drug-likeness (QED) is 0.944. The number of carbonyl (C=O) groups is 1. The third-order valence-electron chi connectivity index (χ3n) is 3.70. The zero-order valence-corrected chi connectivity index (χ0v) is 12.7. The highest BCUT2D eigenvalue weighted by molar-refractivity contribution is 5.95. The molecule has 2 aromatic rings. The summed E-state index contributed by atoms with van der Waals surface area (Å²) in [5.74, 6) is 1.07. The first kappa shape index (κ1) is 14.4. The van der Waals surface area contributed by atoms with Crippen LogP contribution < -0.4 is 14.8 Å². The first-order chi connectivity index (χ1) is 10.7. The summed E-state index contributed by atoms with van der Waals surface area (Å²) in [5, 5.41) is 2.90. The van der Waals surface area contributed by atoms with E-state index in [2.05, 4.69) is 12.2 Å². The van der Waals surface area contributed by atoms with E-state index in [1.54, 1.807) is 6.07 Å². The first-order valence-corrected chi connectivity index (χ1v) is 7.49. The Balaban J connectivity index is 1.75. The van der Waals surface area contributed by atoms with Crippen molar-refractivity contribution in [3.63, 3.8) is 0 Å². The summed E-state index contributed by atoms with van der Waals surface area (Å²) in [4.78, 5) is 12.5. The molecule has 2 aromatic carbocycles. The normalized spacial score (nSPS) is 19.5. The van der Waals surface area contributed by atoms with Crippen LogP contribution in [0.4, 0.5) is 5.69 Å². The number of aryl methyl sites for hydroxylation is 1. The van der Waals surface area contributed by atoms with Gasteiger partial charge in [0.1, 0.15) is 6.10 Å². The number of anilines is 1. The van der Waals surface area contributed by atoms with Crippen molar-refractivity contribution in [1.29, 1.82) is 0 Å². The lowest BCUT2D eigenvalue weighted by Gasteiger charge is -2.31. The van der Waals surface area contributed by atoms with Gasteiger partial charge in [-0.15, -0.1) is 0 Å². The van der Waals surface area contributed by atoms with Crippen LogP contribution >= 0.6 is 0 Å². The van der Waals surface area contributed by atoms with Crippen molar-refractivity contribution >= 4 is 11.6 Å². The summed E-state index contributed by atoms with van der Waals surface area (Å²) in [6, 6.07) is 15.2. The van der Waals surface area contributed by atoms with E-state index in [4.69, 9.17) is 9.47 Å². The fourth-order valence-corrected chi connectivity index (χ4v) is 2.49. The molecule has 3 rings (SSSR count). The maximum Gasteiger partial charge on any atom is 0.269 e. The van der Waals surface area contributed by atoms with Gasteiger partial charge in [-0.3, -0.25) is 4.79 Å². The SMILES string of the molecule is CCc1cccc(NC(=O)C2Oc3ccccc3OC2C)c1. The molecule has 2 unspecified atom stereocenters. The lowest BCUT2D eigenvalue weighted by atomic mass is 10.1. The maximum absolute atomic E-state index is 12.5. The Kier molecular flexibility index (Phi) is 4.00. The number of para-hydroxylation sites is 2. The molecule has 0 bridgehead atoms. The second-order valence-corrected chi connectivity index (χ2v) is 5.35. The highest BCUT2D eigenvalue weighted by atomic mass is 16.6. The highest BCUT2D eigenvalue weighted by Crippen LogP contribution is 2.33. The molecule has 1 aliphatic rings. The number of ether oxygens (including phenoxy) is 2. The van der Waals surface area contributed by atoms with Crippen molar-refractivity contribution in [3.05, 3.63) is 54.1 Å². The molecule has 22 heavy (non-hydrogen) atoms. The molecule has 4 heteroatoms. The van der Waals surface area contributed by atoms with Gasteiger partial charge in [-0.25, -0.2) is 0 Å². The molecule has 0 radical (unpaired) electrons. The first-order valence-electron chi connectivity index (χ1n) is 7.49. The molecule has 0 aromatic heterocycles. The van der Waals surface area contributed by atoms with Gasteiger partial charge >= 0.3 is 0 Å². The van der Waals surface area contributed by atoms with Gasteiger partial charge in [-0.1, -0.05) is 31.2 Å². The molecule has 1 N–H and O–H groups in total. The number of rotatable bonds is 3. The van der Waals surface area contributed by atoms with Crippen LogP contribution in [-0.2, 0) is 11.2 Å². The van der Waals surface area contributed by atoms with E-state index < -0.39 is 6.10 Å². The Labute approximate surface area is 130 Å². The summed E-state index contributed by atoms with van der Waals surface area (Å²) in [7, 11) is 0. The molecule has 0 aliphatic carbocycles. The number of fused-ring (bicyclic) bond motifs is 1. The van der Waals surface area contributed by atoms with Gasteiger partial charge in [0.15, 0.2) is 11.5 Å². The van der Waals surface area contributed by atoms with E-state index >= 15 is 0 Å². The van der Waals surface area contributed by atoms with Gasteiger partial charge in [0.2, 0.25) is 6.10 Å². The zero-order chi connectivity index (χ0) is 15.5. The molecule has 1 aliphatic heterocycles. The Morgan fingerprint density at radius 3 is 2.55 bits per heavy atom. The van der Waals surface area contributed by atoms with Crippen molar-refractivity contribution in [2.75, 3.05) is 5.32 Å². The Hall–Kier alpha value is -2.49. The van der Waals surface area contributed by atoms with Crippen molar-refractivity contribution in [2.24, 2.45) is 0 Å². The lowest BCUT2D eigenvalue weighted by molar-refractivity contribution is -0.128.